The number of halogens is 4. The van der Waals surface area contributed by atoms with Crippen LogP contribution in [-0.2, 0) is 11.4 Å². The van der Waals surface area contributed by atoms with Gasteiger partial charge in [0.1, 0.15) is 16.8 Å². The molecule has 0 saturated heterocycles. The molecule has 0 spiro atoms. The van der Waals surface area contributed by atoms with Crippen LogP contribution in [0.1, 0.15) is 5.56 Å². The average Bonchev–Trinajstić information content (AvgIpc) is 2.23. The van der Waals surface area contributed by atoms with Crippen molar-refractivity contribution in [2.24, 2.45) is 5.90 Å². The standard InChI is InChI=1S/C10H9Cl4NO2/c11-8-3-6(16-2-1-10(13)14)4-9(12)7(8)5-17-15/h1,3-4H,2,5,15H2. The van der Waals surface area contributed by atoms with Crippen molar-refractivity contribution in [2.45, 2.75) is 6.61 Å². The molecular weight excluding hydrogens is 308 g/mol. The van der Waals surface area contributed by atoms with Crippen LogP contribution in [-0.4, -0.2) is 6.61 Å². The molecule has 0 bridgehead atoms. The maximum Gasteiger partial charge on any atom is 0.122 e. The van der Waals surface area contributed by atoms with Crippen molar-refractivity contribution in [3.63, 3.8) is 0 Å². The van der Waals surface area contributed by atoms with Gasteiger partial charge in [0, 0.05) is 5.56 Å². The van der Waals surface area contributed by atoms with E-state index in [1.807, 2.05) is 0 Å². The maximum absolute atomic E-state index is 5.99. The zero-order valence-corrected chi connectivity index (χ0v) is 11.6. The Morgan fingerprint density at radius 2 is 1.82 bits per heavy atom. The Kier molecular flexibility index (Phi) is 6.41. The highest BCUT2D eigenvalue weighted by atomic mass is 35.5. The van der Waals surface area contributed by atoms with Crippen LogP contribution in [0.15, 0.2) is 22.7 Å². The minimum absolute atomic E-state index is 0.130. The molecule has 1 rings (SSSR count). The minimum atomic E-state index is 0.130. The summed E-state index contributed by atoms with van der Waals surface area (Å²) in [6.45, 7) is 0.354. The molecule has 0 saturated carbocycles. The molecule has 3 nitrogen and oxygen atoms in total. The summed E-state index contributed by atoms with van der Waals surface area (Å²) in [6.07, 6.45) is 1.50. The molecule has 2 N–H and O–H groups in total. The van der Waals surface area contributed by atoms with Gasteiger partial charge in [-0.05, 0) is 18.2 Å². The van der Waals surface area contributed by atoms with E-state index in [0.717, 1.165) is 0 Å². The van der Waals surface area contributed by atoms with E-state index in [9.17, 15) is 0 Å². The van der Waals surface area contributed by atoms with E-state index in [0.29, 0.717) is 21.4 Å². The van der Waals surface area contributed by atoms with Crippen molar-refractivity contribution in [2.75, 3.05) is 6.61 Å². The van der Waals surface area contributed by atoms with Crippen molar-refractivity contribution in [1.82, 2.24) is 0 Å². The highest BCUT2D eigenvalue weighted by Crippen LogP contribution is 2.30. The third-order valence-electron chi connectivity index (χ3n) is 1.83. The molecule has 17 heavy (non-hydrogen) atoms. The lowest BCUT2D eigenvalue weighted by Crippen LogP contribution is -2.01. The maximum atomic E-state index is 5.99. The van der Waals surface area contributed by atoms with Crippen LogP contribution >= 0.6 is 46.4 Å². The number of hydrogen-bond donors (Lipinski definition) is 1. The van der Waals surface area contributed by atoms with Crippen LogP contribution in [0.25, 0.3) is 0 Å². The molecule has 0 atom stereocenters. The molecule has 0 heterocycles. The van der Waals surface area contributed by atoms with E-state index >= 15 is 0 Å². The summed E-state index contributed by atoms with van der Waals surface area (Å²) in [5.41, 5.74) is 0.606. The smallest absolute Gasteiger partial charge is 0.122 e. The Morgan fingerprint density at radius 3 is 2.29 bits per heavy atom. The molecule has 0 amide bonds. The SMILES string of the molecule is NOCc1c(Cl)cc(OCC=C(Cl)Cl)cc1Cl. The van der Waals surface area contributed by atoms with Crippen LogP contribution in [0.2, 0.25) is 10.0 Å². The number of ether oxygens (including phenoxy) is 1. The number of nitrogens with two attached hydrogens (primary N) is 1. The van der Waals surface area contributed by atoms with E-state index in [-0.39, 0.29) is 17.7 Å². The fourth-order valence-corrected chi connectivity index (χ4v) is 1.79. The van der Waals surface area contributed by atoms with Gasteiger partial charge >= 0.3 is 0 Å². The summed E-state index contributed by atoms with van der Waals surface area (Å²) in [7, 11) is 0. The highest BCUT2D eigenvalue weighted by molar-refractivity contribution is 6.55. The van der Waals surface area contributed by atoms with Crippen LogP contribution in [0.3, 0.4) is 0 Å². The first kappa shape index (κ1) is 14.9. The predicted octanol–water partition coefficient (Wildman–Crippen LogP) is 4.08. The minimum Gasteiger partial charge on any atom is -0.489 e. The largest absolute Gasteiger partial charge is 0.489 e. The molecule has 0 aliphatic heterocycles. The van der Waals surface area contributed by atoms with E-state index in [1.165, 1.54) is 6.08 Å². The third kappa shape index (κ3) is 4.92. The second-order valence-corrected chi connectivity index (χ2v) is 4.80. The highest BCUT2D eigenvalue weighted by Gasteiger charge is 2.08. The van der Waals surface area contributed by atoms with Gasteiger partial charge in [-0.2, -0.15) is 0 Å². The molecule has 0 radical (unpaired) electrons. The first-order valence-electron chi connectivity index (χ1n) is 4.48. The van der Waals surface area contributed by atoms with Crippen LogP contribution in [0.5, 0.6) is 5.75 Å². The van der Waals surface area contributed by atoms with Gasteiger partial charge in [-0.1, -0.05) is 46.4 Å². The summed E-state index contributed by atoms with van der Waals surface area (Å²) >= 11 is 22.8. The second-order valence-electron chi connectivity index (χ2n) is 2.98. The van der Waals surface area contributed by atoms with Gasteiger partial charge in [0.15, 0.2) is 0 Å². The van der Waals surface area contributed by atoms with Gasteiger partial charge < -0.3 is 4.74 Å². The van der Waals surface area contributed by atoms with Crippen molar-refractivity contribution in [3.05, 3.63) is 38.3 Å². The molecule has 1 aromatic rings. The van der Waals surface area contributed by atoms with Gasteiger partial charge in [0.25, 0.3) is 0 Å². The summed E-state index contributed by atoms with van der Waals surface area (Å²) in [5.74, 6) is 5.47. The first-order chi connectivity index (χ1) is 8.04. The lowest BCUT2D eigenvalue weighted by atomic mass is 10.2. The van der Waals surface area contributed by atoms with Gasteiger partial charge in [0.2, 0.25) is 0 Å². The van der Waals surface area contributed by atoms with Crippen molar-refractivity contribution in [1.29, 1.82) is 0 Å². The van der Waals surface area contributed by atoms with E-state index in [1.54, 1.807) is 12.1 Å². The monoisotopic (exact) mass is 315 g/mol. The van der Waals surface area contributed by atoms with Crippen LogP contribution in [0, 0.1) is 0 Å². The third-order valence-corrected chi connectivity index (χ3v) is 2.81. The topological polar surface area (TPSA) is 44.5 Å². The molecule has 0 unspecified atom stereocenters. The van der Waals surface area contributed by atoms with Crippen molar-refractivity contribution in [3.8, 4) is 5.75 Å². The molecule has 0 aromatic heterocycles. The van der Waals surface area contributed by atoms with E-state index < -0.39 is 0 Å². The fourth-order valence-electron chi connectivity index (χ4n) is 1.09. The lowest BCUT2D eigenvalue weighted by Gasteiger charge is -2.09. The zero-order chi connectivity index (χ0) is 12.8. The summed E-state index contributed by atoms with van der Waals surface area (Å²) in [4.78, 5) is 4.49. The lowest BCUT2D eigenvalue weighted by molar-refractivity contribution is 0.124. The predicted molar refractivity (Wildman–Crippen MR) is 70.7 cm³/mol. The Hall–Kier alpha value is -0.160. The molecule has 94 valence electrons. The van der Waals surface area contributed by atoms with Gasteiger partial charge in [-0.3, -0.25) is 4.84 Å². The normalized spacial score (nSPS) is 10.2. The molecule has 7 heteroatoms. The van der Waals surface area contributed by atoms with Crippen molar-refractivity contribution >= 4 is 46.4 Å². The Labute approximate surface area is 119 Å². The van der Waals surface area contributed by atoms with Gasteiger partial charge in [-0.15, -0.1) is 0 Å². The Morgan fingerprint density at radius 1 is 1.24 bits per heavy atom. The average molecular weight is 317 g/mol. The van der Waals surface area contributed by atoms with E-state index in [2.05, 4.69) is 4.84 Å². The number of benzene rings is 1. The number of rotatable bonds is 5. The molecule has 1 aromatic carbocycles. The summed E-state index contributed by atoms with van der Waals surface area (Å²) in [6, 6.07) is 3.22. The van der Waals surface area contributed by atoms with Crippen molar-refractivity contribution < 1.29 is 9.57 Å². The summed E-state index contributed by atoms with van der Waals surface area (Å²) in [5, 5.41) is 0.831. The quantitative estimate of drug-likeness (QED) is 0.832. The Balaban J connectivity index is 2.79. The van der Waals surface area contributed by atoms with Crippen LogP contribution in [0.4, 0.5) is 0 Å². The van der Waals surface area contributed by atoms with Gasteiger partial charge in [0.05, 0.1) is 16.7 Å². The molecule has 0 fully saturated rings. The first-order valence-corrected chi connectivity index (χ1v) is 5.99. The number of hydrogen-bond acceptors (Lipinski definition) is 3. The second kappa shape index (κ2) is 7.31. The summed E-state index contributed by atoms with van der Waals surface area (Å²) < 4.78 is 5.46. The molecular formula is C10H9Cl4NO2. The molecule has 0 aliphatic rings. The zero-order valence-electron chi connectivity index (χ0n) is 8.55. The Bertz CT molecular complexity index is 396. The van der Waals surface area contributed by atoms with E-state index in [4.69, 9.17) is 57.0 Å². The fraction of sp³-hybridized carbons (Fsp3) is 0.200. The van der Waals surface area contributed by atoms with Crippen LogP contribution < -0.4 is 10.6 Å². The molecule has 0 aliphatic carbocycles. The van der Waals surface area contributed by atoms with Gasteiger partial charge in [-0.25, -0.2) is 5.90 Å².